The number of thiazole rings is 1. The molecule has 1 fully saturated rings. The minimum atomic E-state index is -0.0783. The van der Waals surface area contributed by atoms with E-state index in [0.717, 1.165) is 11.3 Å². The monoisotopic (exact) mass is 387 g/mol. The Labute approximate surface area is 163 Å². The molecule has 1 aromatic heterocycles. The quantitative estimate of drug-likeness (QED) is 0.827. The predicted molar refractivity (Wildman–Crippen MR) is 108 cm³/mol. The highest BCUT2D eigenvalue weighted by atomic mass is 32.1. The number of amides is 3. The normalized spacial score (nSPS) is 14.7. The van der Waals surface area contributed by atoms with Crippen LogP contribution in [0.2, 0.25) is 0 Å². The first-order valence-corrected chi connectivity index (χ1v) is 9.90. The number of urea groups is 1. The molecule has 2 N–H and O–H groups in total. The molecule has 3 rings (SSSR count). The number of benzene rings is 1. The second-order valence-corrected chi connectivity index (χ2v) is 7.70. The Hall–Kier alpha value is -2.61. The van der Waals surface area contributed by atoms with E-state index in [1.165, 1.54) is 11.3 Å². The number of anilines is 2. The zero-order valence-corrected chi connectivity index (χ0v) is 16.5. The van der Waals surface area contributed by atoms with Crippen LogP contribution in [0.5, 0.6) is 0 Å². The molecular formula is C19H25N5O2S. The standard InChI is InChI=1S/C19H25N5O2S/c1-23(2)16-5-3-14(4-6-16)13-21-19(26)24-10-7-15(8-11-24)17(25)22-18-20-9-12-27-18/h3-6,9,12,15H,7-8,10-11,13H2,1-2H3,(H,21,26)(H,20,22,25). The summed E-state index contributed by atoms with van der Waals surface area (Å²) in [6.07, 6.45) is 3.01. The SMILES string of the molecule is CN(C)c1ccc(CNC(=O)N2CCC(C(=O)Nc3nccs3)CC2)cc1. The van der Waals surface area contributed by atoms with Crippen LogP contribution in [0.15, 0.2) is 35.8 Å². The fraction of sp³-hybridized carbons (Fsp3) is 0.421. The highest BCUT2D eigenvalue weighted by molar-refractivity contribution is 7.13. The average molecular weight is 388 g/mol. The number of likely N-dealkylation sites (tertiary alicyclic amines) is 1. The predicted octanol–water partition coefficient (Wildman–Crippen LogP) is 2.77. The fourth-order valence-electron chi connectivity index (χ4n) is 3.04. The van der Waals surface area contributed by atoms with Crippen LogP contribution in [-0.4, -0.2) is 49.0 Å². The van der Waals surface area contributed by atoms with E-state index in [9.17, 15) is 9.59 Å². The van der Waals surface area contributed by atoms with E-state index in [2.05, 4.69) is 15.6 Å². The molecule has 7 nitrogen and oxygen atoms in total. The highest BCUT2D eigenvalue weighted by Crippen LogP contribution is 2.20. The molecule has 0 saturated carbocycles. The summed E-state index contributed by atoms with van der Waals surface area (Å²) in [5, 5.41) is 8.26. The lowest BCUT2D eigenvalue weighted by molar-refractivity contribution is -0.121. The van der Waals surface area contributed by atoms with Gasteiger partial charge >= 0.3 is 6.03 Å². The van der Waals surface area contributed by atoms with Crippen molar-refractivity contribution in [3.05, 3.63) is 41.4 Å². The van der Waals surface area contributed by atoms with Crippen molar-refractivity contribution < 1.29 is 9.59 Å². The third-order valence-corrected chi connectivity index (χ3v) is 5.40. The van der Waals surface area contributed by atoms with E-state index >= 15 is 0 Å². The van der Waals surface area contributed by atoms with Crippen LogP contribution in [0.25, 0.3) is 0 Å². The van der Waals surface area contributed by atoms with Crippen LogP contribution in [-0.2, 0) is 11.3 Å². The van der Waals surface area contributed by atoms with Gasteiger partial charge in [0.25, 0.3) is 0 Å². The lowest BCUT2D eigenvalue weighted by Gasteiger charge is -2.31. The molecule has 2 aromatic rings. The van der Waals surface area contributed by atoms with E-state index in [-0.39, 0.29) is 17.9 Å². The molecule has 0 radical (unpaired) electrons. The van der Waals surface area contributed by atoms with E-state index in [1.807, 2.05) is 48.6 Å². The van der Waals surface area contributed by atoms with Crippen molar-refractivity contribution in [1.82, 2.24) is 15.2 Å². The zero-order chi connectivity index (χ0) is 19.2. The number of nitrogens with zero attached hydrogens (tertiary/aromatic N) is 3. The van der Waals surface area contributed by atoms with Crippen molar-refractivity contribution >= 4 is 34.1 Å². The van der Waals surface area contributed by atoms with Gasteiger partial charge in [0.05, 0.1) is 0 Å². The number of hydrogen-bond donors (Lipinski definition) is 2. The van der Waals surface area contributed by atoms with Crippen LogP contribution in [0.4, 0.5) is 15.6 Å². The number of carbonyl (C=O) groups is 2. The molecule has 0 aliphatic carbocycles. The summed E-state index contributed by atoms with van der Waals surface area (Å²) in [6, 6.07) is 8.03. The van der Waals surface area contributed by atoms with Crippen LogP contribution in [0.3, 0.4) is 0 Å². The van der Waals surface area contributed by atoms with E-state index in [0.29, 0.717) is 37.6 Å². The topological polar surface area (TPSA) is 77.6 Å². The first-order chi connectivity index (χ1) is 13.0. The molecular weight excluding hydrogens is 362 g/mol. The van der Waals surface area contributed by atoms with Crippen LogP contribution < -0.4 is 15.5 Å². The Balaban J connectivity index is 1.42. The van der Waals surface area contributed by atoms with Crippen molar-refractivity contribution in [1.29, 1.82) is 0 Å². The van der Waals surface area contributed by atoms with E-state index in [1.54, 1.807) is 11.1 Å². The number of aromatic nitrogens is 1. The van der Waals surface area contributed by atoms with Crippen molar-refractivity contribution in [3.63, 3.8) is 0 Å². The van der Waals surface area contributed by atoms with E-state index in [4.69, 9.17) is 0 Å². The summed E-state index contributed by atoms with van der Waals surface area (Å²) in [4.78, 5) is 32.5. The fourth-order valence-corrected chi connectivity index (χ4v) is 3.57. The maximum absolute atomic E-state index is 12.4. The number of nitrogens with one attached hydrogen (secondary N) is 2. The van der Waals surface area contributed by atoms with Crippen LogP contribution in [0, 0.1) is 5.92 Å². The highest BCUT2D eigenvalue weighted by Gasteiger charge is 2.27. The van der Waals surface area contributed by atoms with Crippen LogP contribution >= 0.6 is 11.3 Å². The summed E-state index contributed by atoms with van der Waals surface area (Å²) in [7, 11) is 4.00. The Bertz CT molecular complexity index is 753. The molecule has 8 heteroatoms. The van der Waals surface area contributed by atoms with Gasteiger partial charge in [-0.2, -0.15) is 0 Å². The third-order valence-electron chi connectivity index (χ3n) is 4.71. The molecule has 0 bridgehead atoms. The van der Waals surface area contributed by atoms with Gasteiger partial charge in [0.1, 0.15) is 0 Å². The maximum atomic E-state index is 12.4. The molecule has 144 valence electrons. The minimum absolute atomic E-state index is 0.00834. The average Bonchev–Trinajstić information content (AvgIpc) is 3.19. The van der Waals surface area contributed by atoms with Gasteiger partial charge in [-0.3, -0.25) is 4.79 Å². The maximum Gasteiger partial charge on any atom is 0.317 e. The van der Waals surface area contributed by atoms with Crippen molar-refractivity contribution in [2.75, 3.05) is 37.4 Å². The minimum Gasteiger partial charge on any atom is -0.378 e. The first-order valence-electron chi connectivity index (χ1n) is 9.02. The molecule has 0 unspecified atom stereocenters. The first kappa shape index (κ1) is 19.2. The van der Waals surface area contributed by atoms with Gasteiger partial charge in [-0.05, 0) is 30.5 Å². The Morgan fingerprint density at radius 1 is 1.22 bits per heavy atom. The molecule has 27 heavy (non-hydrogen) atoms. The Kier molecular flexibility index (Phi) is 6.28. The molecule has 0 spiro atoms. The molecule has 3 amide bonds. The van der Waals surface area contributed by atoms with Crippen LogP contribution in [0.1, 0.15) is 18.4 Å². The summed E-state index contributed by atoms with van der Waals surface area (Å²) >= 11 is 1.41. The Morgan fingerprint density at radius 2 is 1.93 bits per heavy atom. The number of carbonyl (C=O) groups excluding carboxylic acids is 2. The number of rotatable bonds is 5. The van der Waals surface area contributed by atoms with Gasteiger partial charge in [0.2, 0.25) is 5.91 Å². The Morgan fingerprint density at radius 3 is 2.52 bits per heavy atom. The van der Waals surface area contributed by atoms with E-state index < -0.39 is 0 Å². The lowest BCUT2D eigenvalue weighted by Crippen LogP contribution is -2.45. The largest absolute Gasteiger partial charge is 0.378 e. The molecule has 2 heterocycles. The molecule has 1 aromatic carbocycles. The molecule has 1 aliphatic heterocycles. The summed E-state index contributed by atoms with van der Waals surface area (Å²) in [5.74, 6) is -0.0810. The lowest BCUT2D eigenvalue weighted by atomic mass is 9.96. The summed E-state index contributed by atoms with van der Waals surface area (Å²) < 4.78 is 0. The number of hydrogen-bond acceptors (Lipinski definition) is 5. The molecule has 1 aliphatic rings. The summed E-state index contributed by atoms with van der Waals surface area (Å²) in [5.41, 5.74) is 2.19. The number of piperidine rings is 1. The third kappa shape index (κ3) is 5.19. The second-order valence-electron chi connectivity index (χ2n) is 6.81. The molecule has 1 saturated heterocycles. The van der Waals surface area contributed by atoms with Gasteiger partial charge in [0, 0.05) is 56.9 Å². The second kappa shape index (κ2) is 8.85. The summed E-state index contributed by atoms with van der Waals surface area (Å²) in [6.45, 7) is 1.67. The van der Waals surface area contributed by atoms with Gasteiger partial charge in [-0.1, -0.05) is 12.1 Å². The van der Waals surface area contributed by atoms with Gasteiger partial charge in [-0.15, -0.1) is 11.3 Å². The van der Waals surface area contributed by atoms with Crippen molar-refractivity contribution in [2.45, 2.75) is 19.4 Å². The van der Waals surface area contributed by atoms with Gasteiger partial charge in [0.15, 0.2) is 5.13 Å². The van der Waals surface area contributed by atoms with Crippen molar-refractivity contribution in [2.24, 2.45) is 5.92 Å². The smallest absolute Gasteiger partial charge is 0.317 e. The zero-order valence-electron chi connectivity index (χ0n) is 15.6. The molecule has 0 atom stereocenters. The van der Waals surface area contributed by atoms with Gasteiger partial charge < -0.3 is 20.4 Å². The van der Waals surface area contributed by atoms with Crippen molar-refractivity contribution in [3.8, 4) is 0 Å². The van der Waals surface area contributed by atoms with Gasteiger partial charge in [-0.25, -0.2) is 9.78 Å².